The molecule has 1 aliphatic heterocycles. The quantitative estimate of drug-likeness (QED) is 0.658. The minimum absolute atomic E-state index is 0.114. The van der Waals surface area contributed by atoms with Gasteiger partial charge in [0.2, 0.25) is 0 Å². The molecule has 1 aliphatic rings. The Hall–Kier alpha value is -2.06. The molecule has 0 bridgehead atoms. The van der Waals surface area contributed by atoms with Crippen LogP contribution in [0.25, 0.3) is 0 Å². The van der Waals surface area contributed by atoms with Gasteiger partial charge in [-0.15, -0.1) is 6.58 Å². The van der Waals surface area contributed by atoms with E-state index in [0.29, 0.717) is 11.4 Å². The monoisotopic (exact) mass is 297 g/mol. The number of nitrogens with one attached hydrogen (secondary N) is 1. The van der Waals surface area contributed by atoms with Gasteiger partial charge in [0.25, 0.3) is 0 Å². The molecule has 2 nitrogen and oxygen atoms in total. The summed E-state index contributed by atoms with van der Waals surface area (Å²) in [6, 6.07) is 14.9. The van der Waals surface area contributed by atoms with Crippen LogP contribution in [0.3, 0.4) is 0 Å². The molecule has 106 valence electrons. The fraction of sp³-hybridized carbons (Fsp3) is 0.167. The summed E-state index contributed by atoms with van der Waals surface area (Å²) in [4.78, 5) is 12.6. The molecule has 2 aromatic carbocycles. The maximum Gasteiger partial charge on any atom is 0.185 e. The van der Waals surface area contributed by atoms with E-state index in [1.54, 1.807) is 0 Å². The van der Waals surface area contributed by atoms with Gasteiger partial charge in [0.1, 0.15) is 0 Å². The second kappa shape index (κ2) is 5.74. The summed E-state index contributed by atoms with van der Waals surface area (Å²) in [6.07, 6.45) is 2.59. The summed E-state index contributed by atoms with van der Waals surface area (Å²) < 4.78 is 0. The summed E-state index contributed by atoms with van der Waals surface area (Å²) in [5.74, 6) is 0.251. The van der Waals surface area contributed by atoms with Crippen molar-refractivity contribution in [3.05, 3.63) is 77.3 Å². The van der Waals surface area contributed by atoms with Gasteiger partial charge in [0.15, 0.2) is 5.78 Å². The minimum atomic E-state index is -0.232. The number of anilines is 1. The third-order valence-corrected chi connectivity index (χ3v) is 4.13. The Bertz CT molecular complexity index is 681. The smallest absolute Gasteiger partial charge is 0.185 e. The van der Waals surface area contributed by atoms with Crippen LogP contribution in [0.15, 0.2) is 61.2 Å². The Morgan fingerprint density at radius 1 is 1.24 bits per heavy atom. The van der Waals surface area contributed by atoms with Gasteiger partial charge in [-0.3, -0.25) is 4.79 Å². The Morgan fingerprint density at radius 3 is 2.71 bits per heavy atom. The molecule has 2 atom stereocenters. The van der Waals surface area contributed by atoms with E-state index < -0.39 is 0 Å². The highest BCUT2D eigenvalue weighted by atomic mass is 35.5. The van der Waals surface area contributed by atoms with Crippen molar-refractivity contribution >= 4 is 23.1 Å². The number of allylic oxidation sites excluding steroid dienone is 1. The lowest BCUT2D eigenvalue weighted by Crippen LogP contribution is -2.35. The lowest BCUT2D eigenvalue weighted by atomic mass is 9.84. The zero-order valence-corrected chi connectivity index (χ0v) is 12.3. The number of carbonyl (C=O) groups excluding carboxylic acids is 1. The van der Waals surface area contributed by atoms with Crippen molar-refractivity contribution in [3.8, 4) is 0 Å². The first kappa shape index (κ1) is 13.9. The van der Waals surface area contributed by atoms with E-state index in [-0.39, 0.29) is 17.7 Å². The van der Waals surface area contributed by atoms with Crippen molar-refractivity contribution in [2.45, 2.75) is 18.4 Å². The van der Waals surface area contributed by atoms with Crippen LogP contribution in [-0.2, 0) is 0 Å². The number of hydrogen-bond donors (Lipinski definition) is 1. The number of hydrogen-bond acceptors (Lipinski definition) is 2. The molecule has 1 heterocycles. The van der Waals surface area contributed by atoms with E-state index >= 15 is 0 Å². The summed E-state index contributed by atoms with van der Waals surface area (Å²) in [6.45, 7) is 3.90. The van der Waals surface area contributed by atoms with Crippen LogP contribution >= 0.6 is 11.6 Å². The lowest BCUT2D eigenvalue weighted by Gasteiger charge is -2.31. The normalized spacial score (nSPS) is 20.2. The fourth-order valence-corrected chi connectivity index (χ4v) is 2.98. The van der Waals surface area contributed by atoms with Crippen LogP contribution in [0.5, 0.6) is 0 Å². The van der Waals surface area contributed by atoms with Gasteiger partial charge in [-0.2, -0.15) is 0 Å². The average Bonchev–Trinajstić information content (AvgIpc) is 2.54. The van der Waals surface area contributed by atoms with Gasteiger partial charge in [-0.25, -0.2) is 0 Å². The maximum atomic E-state index is 12.6. The van der Waals surface area contributed by atoms with E-state index in [1.165, 1.54) is 0 Å². The zero-order chi connectivity index (χ0) is 14.8. The first-order chi connectivity index (χ1) is 10.2. The van der Waals surface area contributed by atoms with Gasteiger partial charge in [-0.1, -0.05) is 48.0 Å². The molecule has 0 aliphatic carbocycles. The summed E-state index contributed by atoms with van der Waals surface area (Å²) >= 11 is 6.06. The number of ketones is 1. The standard InChI is InChI=1S/C18H16ClNO/c1-2-12-10-17(18(21)13-6-4-3-5-7-13)20-16-9-8-14(19)11-15(12)16/h2-9,11-12,17,20H,1,10H2. The van der Waals surface area contributed by atoms with Crippen LogP contribution in [0, 0.1) is 0 Å². The number of fused-ring (bicyclic) bond motifs is 1. The molecule has 2 unspecified atom stereocenters. The van der Waals surface area contributed by atoms with E-state index in [9.17, 15) is 4.79 Å². The predicted octanol–water partition coefficient (Wildman–Crippen LogP) is 4.68. The van der Waals surface area contributed by atoms with Crippen molar-refractivity contribution in [3.63, 3.8) is 0 Å². The fourth-order valence-electron chi connectivity index (χ4n) is 2.80. The van der Waals surface area contributed by atoms with Crippen molar-refractivity contribution in [1.82, 2.24) is 0 Å². The number of carbonyl (C=O) groups is 1. The summed E-state index contributed by atoms with van der Waals surface area (Å²) in [5, 5.41) is 4.03. The molecule has 0 spiro atoms. The highest BCUT2D eigenvalue weighted by molar-refractivity contribution is 6.30. The largest absolute Gasteiger partial charge is 0.375 e. The number of halogens is 1. The van der Waals surface area contributed by atoms with E-state index in [1.807, 2.05) is 54.6 Å². The molecular formula is C18H16ClNO. The van der Waals surface area contributed by atoms with Crippen molar-refractivity contribution in [2.75, 3.05) is 5.32 Å². The Morgan fingerprint density at radius 2 is 2.00 bits per heavy atom. The minimum Gasteiger partial charge on any atom is -0.375 e. The Kier molecular flexibility index (Phi) is 3.80. The van der Waals surface area contributed by atoms with Gasteiger partial charge >= 0.3 is 0 Å². The van der Waals surface area contributed by atoms with Gasteiger partial charge in [0.05, 0.1) is 6.04 Å². The molecule has 0 fully saturated rings. The molecule has 21 heavy (non-hydrogen) atoms. The molecule has 0 amide bonds. The Balaban J connectivity index is 1.92. The molecule has 0 saturated heterocycles. The van der Waals surface area contributed by atoms with Gasteiger partial charge in [-0.05, 0) is 30.2 Å². The van der Waals surface area contributed by atoms with Crippen molar-refractivity contribution in [1.29, 1.82) is 0 Å². The second-order valence-corrected chi connectivity index (χ2v) is 5.67. The van der Waals surface area contributed by atoms with Crippen molar-refractivity contribution < 1.29 is 4.79 Å². The topological polar surface area (TPSA) is 29.1 Å². The van der Waals surface area contributed by atoms with E-state index in [2.05, 4.69) is 11.9 Å². The number of benzene rings is 2. The Labute approximate surface area is 129 Å². The molecular weight excluding hydrogens is 282 g/mol. The van der Waals surface area contributed by atoms with E-state index in [4.69, 9.17) is 11.6 Å². The lowest BCUT2D eigenvalue weighted by molar-refractivity contribution is 0.0962. The highest BCUT2D eigenvalue weighted by Gasteiger charge is 2.29. The third kappa shape index (κ3) is 2.72. The molecule has 0 saturated carbocycles. The van der Waals surface area contributed by atoms with Gasteiger partial charge in [0, 0.05) is 22.2 Å². The highest BCUT2D eigenvalue weighted by Crippen LogP contribution is 2.37. The average molecular weight is 298 g/mol. The van der Waals surface area contributed by atoms with Crippen LogP contribution in [-0.4, -0.2) is 11.8 Å². The zero-order valence-electron chi connectivity index (χ0n) is 11.6. The van der Waals surface area contributed by atoms with Crippen molar-refractivity contribution in [2.24, 2.45) is 0 Å². The maximum absolute atomic E-state index is 12.6. The number of Topliss-reactive ketones (excluding diaryl/α,β-unsaturated/α-hetero) is 1. The molecule has 1 N–H and O–H groups in total. The van der Waals surface area contributed by atoms with Gasteiger partial charge < -0.3 is 5.32 Å². The third-order valence-electron chi connectivity index (χ3n) is 3.89. The first-order valence-electron chi connectivity index (χ1n) is 6.97. The molecule has 0 radical (unpaired) electrons. The SMILES string of the molecule is C=CC1CC(C(=O)c2ccccc2)Nc2ccc(Cl)cc21. The van der Waals surface area contributed by atoms with Crippen LogP contribution in [0.1, 0.15) is 28.3 Å². The molecule has 2 aromatic rings. The first-order valence-corrected chi connectivity index (χ1v) is 7.34. The van der Waals surface area contributed by atoms with E-state index in [0.717, 1.165) is 16.8 Å². The summed E-state index contributed by atoms with van der Waals surface area (Å²) in [7, 11) is 0. The second-order valence-electron chi connectivity index (χ2n) is 5.24. The summed E-state index contributed by atoms with van der Waals surface area (Å²) in [5.41, 5.74) is 2.80. The van der Waals surface area contributed by atoms with Crippen LogP contribution in [0.4, 0.5) is 5.69 Å². The predicted molar refractivity (Wildman–Crippen MR) is 87.2 cm³/mol. The molecule has 3 rings (SSSR count). The number of rotatable bonds is 3. The van der Waals surface area contributed by atoms with Crippen LogP contribution < -0.4 is 5.32 Å². The van der Waals surface area contributed by atoms with Crippen LogP contribution in [0.2, 0.25) is 5.02 Å². The molecule has 0 aromatic heterocycles. The molecule has 3 heteroatoms.